The minimum absolute atomic E-state index is 0.557. The molecule has 2 bridgehead atoms. The first-order valence-corrected chi connectivity index (χ1v) is 4.62. The van der Waals surface area contributed by atoms with Crippen LogP contribution in [0.25, 0.3) is 0 Å². The molecular formula is C9H17N. The average molecular weight is 139 g/mol. The van der Waals surface area contributed by atoms with E-state index in [9.17, 15) is 0 Å². The summed E-state index contributed by atoms with van der Waals surface area (Å²) in [5.74, 6) is 1.88. The molecule has 10 heavy (non-hydrogen) atoms. The lowest BCUT2D eigenvalue weighted by atomic mass is 9.81. The van der Waals surface area contributed by atoms with Crippen LogP contribution in [-0.2, 0) is 0 Å². The van der Waals surface area contributed by atoms with Gasteiger partial charge in [0.2, 0.25) is 0 Å². The molecule has 0 aromatic carbocycles. The molecule has 58 valence electrons. The quantitative estimate of drug-likeness (QED) is 0.545. The van der Waals surface area contributed by atoms with E-state index in [-0.39, 0.29) is 0 Å². The topological polar surface area (TPSA) is 26.0 Å². The Labute approximate surface area is 63.0 Å². The minimum Gasteiger partial charge on any atom is -0.327 e. The smallest absolute Gasteiger partial charge is 0.00698 e. The van der Waals surface area contributed by atoms with Gasteiger partial charge in [0.15, 0.2) is 0 Å². The fourth-order valence-corrected chi connectivity index (χ4v) is 2.65. The molecule has 0 spiro atoms. The van der Waals surface area contributed by atoms with Crippen molar-refractivity contribution >= 4 is 0 Å². The normalized spacial score (nSPS) is 47.1. The van der Waals surface area contributed by atoms with Crippen LogP contribution in [-0.4, -0.2) is 6.04 Å². The fraction of sp³-hybridized carbons (Fsp3) is 1.00. The number of nitrogens with two attached hydrogens (primary N) is 1. The van der Waals surface area contributed by atoms with Crippen LogP contribution in [0.2, 0.25) is 0 Å². The van der Waals surface area contributed by atoms with Crippen LogP contribution < -0.4 is 5.73 Å². The summed E-state index contributed by atoms with van der Waals surface area (Å²) in [6, 6.07) is 0.557. The number of hydrogen-bond acceptors (Lipinski definition) is 1. The summed E-state index contributed by atoms with van der Waals surface area (Å²) in [5.41, 5.74) is 6.02. The molecular weight excluding hydrogens is 122 g/mol. The molecule has 3 aliphatic carbocycles. The van der Waals surface area contributed by atoms with Crippen molar-refractivity contribution in [1.29, 1.82) is 0 Å². The number of hydrogen-bond donors (Lipinski definition) is 1. The fourth-order valence-electron chi connectivity index (χ4n) is 2.65. The van der Waals surface area contributed by atoms with Gasteiger partial charge in [-0.05, 0) is 31.1 Å². The summed E-state index contributed by atoms with van der Waals surface area (Å²) in [7, 11) is 0. The summed E-state index contributed by atoms with van der Waals surface area (Å²) < 4.78 is 0. The Hall–Kier alpha value is -0.0400. The molecule has 0 heterocycles. The van der Waals surface area contributed by atoms with Gasteiger partial charge in [-0.3, -0.25) is 0 Å². The average Bonchev–Trinajstić information content (AvgIpc) is 2.20. The summed E-state index contributed by atoms with van der Waals surface area (Å²) in [6.07, 6.45) is 8.54. The second-order valence-electron chi connectivity index (χ2n) is 4.03. The van der Waals surface area contributed by atoms with Crippen LogP contribution in [0.4, 0.5) is 0 Å². The van der Waals surface area contributed by atoms with Gasteiger partial charge in [-0.2, -0.15) is 0 Å². The second-order valence-corrected chi connectivity index (χ2v) is 4.03. The SMILES string of the molecule is NC1CC2CCCC1CC2. The molecule has 3 fully saturated rings. The lowest BCUT2D eigenvalue weighted by molar-refractivity contribution is 0.266. The zero-order chi connectivity index (χ0) is 6.97. The van der Waals surface area contributed by atoms with E-state index in [1.54, 1.807) is 0 Å². The molecule has 1 nitrogen and oxygen atoms in total. The van der Waals surface area contributed by atoms with E-state index >= 15 is 0 Å². The molecule has 0 aromatic heterocycles. The van der Waals surface area contributed by atoms with Crippen molar-refractivity contribution < 1.29 is 0 Å². The lowest BCUT2D eigenvalue weighted by Gasteiger charge is -2.29. The molecule has 0 saturated heterocycles. The third-order valence-electron chi connectivity index (χ3n) is 3.34. The van der Waals surface area contributed by atoms with Crippen molar-refractivity contribution in [3.63, 3.8) is 0 Å². The first kappa shape index (κ1) is 6.66. The Morgan fingerprint density at radius 2 is 1.90 bits per heavy atom. The molecule has 0 amide bonds. The molecule has 3 rings (SSSR count). The molecule has 2 N–H and O–H groups in total. The summed E-state index contributed by atoms with van der Waals surface area (Å²) in [6.45, 7) is 0. The number of fused-ring (bicyclic) bond motifs is 4. The zero-order valence-corrected chi connectivity index (χ0v) is 6.55. The highest BCUT2D eigenvalue weighted by atomic mass is 14.7. The van der Waals surface area contributed by atoms with E-state index < -0.39 is 0 Å². The number of rotatable bonds is 0. The summed E-state index contributed by atoms with van der Waals surface area (Å²) in [4.78, 5) is 0. The first-order valence-electron chi connectivity index (χ1n) is 4.62. The molecule has 3 aliphatic rings. The van der Waals surface area contributed by atoms with E-state index in [0.717, 1.165) is 11.8 Å². The van der Waals surface area contributed by atoms with E-state index in [0.29, 0.717) is 6.04 Å². The first-order chi connectivity index (χ1) is 4.86. The monoisotopic (exact) mass is 139 g/mol. The van der Waals surface area contributed by atoms with Gasteiger partial charge in [-0.1, -0.05) is 19.3 Å². The van der Waals surface area contributed by atoms with E-state index in [2.05, 4.69) is 0 Å². The van der Waals surface area contributed by atoms with Crippen molar-refractivity contribution in [2.45, 2.75) is 44.6 Å². The van der Waals surface area contributed by atoms with Crippen LogP contribution in [0.5, 0.6) is 0 Å². The van der Waals surface area contributed by atoms with Crippen molar-refractivity contribution in [3.8, 4) is 0 Å². The predicted molar refractivity (Wildman–Crippen MR) is 42.7 cm³/mol. The second kappa shape index (κ2) is 2.54. The van der Waals surface area contributed by atoms with Crippen molar-refractivity contribution in [1.82, 2.24) is 0 Å². The van der Waals surface area contributed by atoms with E-state index in [4.69, 9.17) is 5.73 Å². The third kappa shape index (κ3) is 1.07. The molecule has 0 radical (unpaired) electrons. The van der Waals surface area contributed by atoms with Gasteiger partial charge in [0.05, 0.1) is 0 Å². The van der Waals surface area contributed by atoms with Crippen LogP contribution in [0.15, 0.2) is 0 Å². The van der Waals surface area contributed by atoms with Crippen LogP contribution in [0.1, 0.15) is 38.5 Å². The maximum absolute atomic E-state index is 6.02. The molecule has 3 atom stereocenters. The van der Waals surface area contributed by atoms with Crippen molar-refractivity contribution in [3.05, 3.63) is 0 Å². The zero-order valence-electron chi connectivity index (χ0n) is 6.55. The lowest BCUT2D eigenvalue weighted by Crippen LogP contribution is -2.34. The molecule has 0 aliphatic heterocycles. The van der Waals surface area contributed by atoms with Crippen LogP contribution >= 0.6 is 0 Å². The summed E-state index contributed by atoms with van der Waals surface area (Å²) >= 11 is 0. The van der Waals surface area contributed by atoms with Gasteiger partial charge in [0.1, 0.15) is 0 Å². The summed E-state index contributed by atoms with van der Waals surface area (Å²) in [5, 5.41) is 0. The largest absolute Gasteiger partial charge is 0.327 e. The molecule has 3 saturated carbocycles. The molecule has 3 unspecified atom stereocenters. The Kier molecular flexibility index (Phi) is 1.69. The van der Waals surface area contributed by atoms with Gasteiger partial charge < -0.3 is 5.73 Å². The molecule has 0 aromatic rings. The Morgan fingerprint density at radius 1 is 1.00 bits per heavy atom. The van der Waals surface area contributed by atoms with Crippen LogP contribution in [0, 0.1) is 11.8 Å². The third-order valence-corrected chi connectivity index (χ3v) is 3.34. The van der Waals surface area contributed by atoms with Crippen molar-refractivity contribution in [2.75, 3.05) is 0 Å². The highest BCUT2D eigenvalue weighted by Crippen LogP contribution is 2.38. The van der Waals surface area contributed by atoms with Gasteiger partial charge in [0.25, 0.3) is 0 Å². The maximum Gasteiger partial charge on any atom is 0.00698 e. The predicted octanol–water partition coefficient (Wildman–Crippen LogP) is 1.91. The molecule has 1 heteroatoms. The Morgan fingerprint density at radius 3 is 2.70 bits per heavy atom. The standard InChI is InChI=1S/C9H17N/c10-9-6-7-2-1-3-8(9)5-4-7/h7-9H,1-6,10H2. The van der Waals surface area contributed by atoms with Gasteiger partial charge in [-0.15, -0.1) is 0 Å². The van der Waals surface area contributed by atoms with E-state index in [1.165, 1.54) is 38.5 Å². The van der Waals surface area contributed by atoms with E-state index in [1.807, 2.05) is 0 Å². The van der Waals surface area contributed by atoms with Crippen LogP contribution in [0.3, 0.4) is 0 Å². The minimum atomic E-state index is 0.557. The van der Waals surface area contributed by atoms with Crippen molar-refractivity contribution in [2.24, 2.45) is 17.6 Å². The Bertz CT molecular complexity index is 118. The highest BCUT2D eigenvalue weighted by Gasteiger charge is 2.30. The van der Waals surface area contributed by atoms with Gasteiger partial charge >= 0.3 is 0 Å². The highest BCUT2D eigenvalue weighted by molar-refractivity contribution is 4.85. The maximum atomic E-state index is 6.02. The van der Waals surface area contributed by atoms with Gasteiger partial charge in [-0.25, -0.2) is 0 Å². The van der Waals surface area contributed by atoms with Gasteiger partial charge in [0, 0.05) is 6.04 Å². The Balaban J connectivity index is 2.07.